The number of likely N-dealkylation sites (N-methyl/N-ethyl adjacent to an activating group) is 1. The zero-order valence-corrected chi connectivity index (χ0v) is 16.6. The Morgan fingerprint density at radius 1 is 1.08 bits per heavy atom. The van der Waals surface area contributed by atoms with Crippen molar-refractivity contribution in [2.45, 2.75) is 11.8 Å². The molecule has 5 nitrogen and oxygen atoms in total. The van der Waals surface area contributed by atoms with Crippen LogP contribution in [0.3, 0.4) is 0 Å². The first-order valence-corrected chi connectivity index (χ1v) is 9.92. The minimum absolute atomic E-state index is 0.0439. The van der Waals surface area contributed by atoms with E-state index < -0.39 is 28.3 Å². The van der Waals surface area contributed by atoms with Crippen molar-refractivity contribution in [2.75, 3.05) is 18.4 Å². The summed E-state index contributed by atoms with van der Waals surface area (Å²) >= 11 is 17.7. The largest absolute Gasteiger partial charge is 0.324 e. The molecule has 0 aliphatic heterocycles. The van der Waals surface area contributed by atoms with Gasteiger partial charge in [0.25, 0.3) is 0 Å². The van der Waals surface area contributed by atoms with E-state index in [-0.39, 0.29) is 32.2 Å². The number of amides is 1. The van der Waals surface area contributed by atoms with E-state index in [4.69, 9.17) is 34.8 Å². The van der Waals surface area contributed by atoms with E-state index in [0.717, 1.165) is 28.6 Å². The normalized spacial score (nSPS) is 11.6. The van der Waals surface area contributed by atoms with Gasteiger partial charge in [-0.1, -0.05) is 41.7 Å². The second-order valence-electron chi connectivity index (χ2n) is 5.18. The molecule has 1 amide bonds. The fourth-order valence-corrected chi connectivity index (χ4v) is 4.09. The minimum Gasteiger partial charge on any atom is -0.324 e. The van der Waals surface area contributed by atoms with E-state index in [1.54, 1.807) is 6.92 Å². The van der Waals surface area contributed by atoms with Gasteiger partial charge in [0, 0.05) is 6.54 Å². The first-order valence-electron chi connectivity index (χ1n) is 7.35. The molecule has 0 fully saturated rings. The van der Waals surface area contributed by atoms with Gasteiger partial charge in [-0.05, 0) is 36.4 Å². The molecule has 0 unspecified atom stereocenters. The van der Waals surface area contributed by atoms with Crippen molar-refractivity contribution >= 4 is 56.4 Å². The second-order valence-corrected chi connectivity index (χ2v) is 8.34. The van der Waals surface area contributed by atoms with Crippen LogP contribution in [0, 0.1) is 5.82 Å². The molecule has 140 valence electrons. The van der Waals surface area contributed by atoms with Crippen LogP contribution in [0.1, 0.15) is 6.92 Å². The number of hydrogen-bond acceptors (Lipinski definition) is 3. The topological polar surface area (TPSA) is 66.5 Å². The highest BCUT2D eigenvalue weighted by Gasteiger charge is 2.25. The lowest BCUT2D eigenvalue weighted by atomic mass is 10.3. The summed E-state index contributed by atoms with van der Waals surface area (Å²) in [5.74, 6) is -1.17. The molecule has 0 spiro atoms. The highest BCUT2D eigenvalue weighted by molar-refractivity contribution is 7.89. The summed E-state index contributed by atoms with van der Waals surface area (Å²) < 4.78 is 39.1. The van der Waals surface area contributed by atoms with Crippen LogP contribution in [0.2, 0.25) is 15.1 Å². The number of sulfonamides is 1. The number of nitrogens with one attached hydrogen (secondary N) is 1. The molecule has 0 saturated heterocycles. The zero-order chi connectivity index (χ0) is 19.5. The Balaban J connectivity index is 2.18. The Bertz CT molecular complexity index is 921. The molecule has 1 N–H and O–H groups in total. The summed E-state index contributed by atoms with van der Waals surface area (Å²) in [6, 6.07) is 7.09. The van der Waals surface area contributed by atoms with Gasteiger partial charge >= 0.3 is 0 Å². The highest BCUT2D eigenvalue weighted by Crippen LogP contribution is 2.32. The number of rotatable bonds is 6. The number of carbonyl (C=O) groups is 1. The Hall–Kier alpha value is -1.38. The smallest absolute Gasteiger partial charge is 0.243 e. The molecular weight excluding hydrogens is 426 g/mol. The lowest BCUT2D eigenvalue weighted by Gasteiger charge is -2.20. The van der Waals surface area contributed by atoms with E-state index in [2.05, 4.69) is 5.32 Å². The van der Waals surface area contributed by atoms with Crippen LogP contribution in [0.25, 0.3) is 0 Å². The third kappa shape index (κ3) is 4.86. The number of anilines is 1. The molecule has 2 aromatic carbocycles. The maximum absolute atomic E-state index is 13.0. The van der Waals surface area contributed by atoms with Crippen molar-refractivity contribution in [1.29, 1.82) is 0 Å². The molecule has 0 radical (unpaired) electrons. The molecule has 26 heavy (non-hydrogen) atoms. The molecule has 0 aliphatic rings. The van der Waals surface area contributed by atoms with Gasteiger partial charge in [0.15, 0.2) is 0 Å². The summed E-state index contributed by atoms with van der Waals surface area (Å²) in [7, 11) is -3.95. The van der Waals surface area contributed by atoms with Gasteiger partial charge < -0.3 is 5.32 Å². The molecule has 2 rings (SSSR count). The van der Waals surface area contributed by atoms with Gasteiger partial charge in [0.05, 0.1) is 32.2 Å². The SMILES string of the molecule is CCN(CC(=O)Nc1cc(Cl)c(Cl)cc1Cl)S(=O)(=O)c1ccc(F)cc1. The Morgan fingerprint density at radius 2 is 1.65 bits per heavy atom. The number of carbonyl (C=O) groups excluding carboxylic acids is 1. The molecule has 2 aromatic rings. The highest BCUT2D eigenvalue weighted by atomic mass is 35.5. The van der Waals surface area contributed by atoms with Gasteiger partial charge in [-0.25, -0.2) is 12.8 Å². The van der Waals surface area contributed by atoms with Gasteiger partial charge in [0.1, 0.15) is 5.82 Å². The van der Waals surface area contributed by atoms with Crippen LogP contribution in [-0.2, 0) is 14.8 Å². The zero-order valence-electron chi connectivity index (χ0n) is 13.5. The molecule has 0 aromatic heterocycles. The Morgan fingerprint density at radius 3 is 2.23 bits per heavy atom. The number of benzene rings is 2. The van der Waals surface area contributed by atoms with Gasteiger partial charge in [-0.2, -0.15) is 4.31 Å². The van der Waals surface area contributed by atoms with Crippen LogP contribution < -0.4 is 5.32 Å². The van der Waals surface area contributed by atoms with E-state index in [0.29, 0.717) is 0 Å². The second kappa shape index (κ2) is 8.54. The number of hydrogen-bond donors (Lipinski definition) is 1. The van der Waals surface area contributed by atoms with Gasteiger partial charge in [-0.15, -0.1) is 0 Å². The Labute approximate surface area is 165 Å². The molecule has 0 aliphatic carbocycles. The third-order valence-electron chi connectivity index (χ3n) is 3.41. The van der Waals surface area contributed by atoms with E-state index in [1.807, 2.05) is 0 Å². The third-order valence-corrected chi connectivity index (χ3v) is 6.38. The molecule has 0 saturated carbocycles. The van der Waals surface area contributed by atoms with E-state index in [9.17, 15) is 17.6 Å². The van der Waals surface area contributed by atoms with Crippen LogP contribution >= 0.6 is 34.8 Å². The lowest BCUT2D eigenvalue weighted by Crippen LogP contribution is -2.37. The van der Waals surface area contributed by atoms with Crippen LogP contribution in [-0.4, -0.2) is 31.7 Å². The summed E-state index contributed by atoms with van der Waals surface area (Å²) in [5, 5.41) is 3.08. The van der Waals surface area contributed by atoms with Gasteiger partial charge in [0.2, 0.25) is 15.9 Å². The van der Waals surface area contributed by atoms with Crippen molar-refractivity contribution in [3.05, 3.63) is 57.3 Å². The first kappa shape index (κ1) is 20.9. The van der Waals surface area contributed by atoms with Crippen LogP contribution in [0.5, 0.6) is 0 Å². The summed E-state index contributed by atoms with van der Waals surface area (Å²) in [5.41, 5.74) is 0.210. The van der Waals surface area contributed by atoms with Crippen molar-refractivity contribution in [3.8, 4) is 0 Å². The molecule has 0 bridgehead atoms. The average molecular weight is 440 g/mol. The molecule has 10 heteroatoms. The van der Waals surface area contributed by atoms with Crippen molar-refractivity contribution in [1.82, 2.24) is 4.31 Å². The fraction of sp³-hybridized carbons (Fsp3) is 0.188. The van der Waals surface area contributed by atoms with Gasteiger partial charge in [-0.3, -0.25) is 4.79 Å². The van der Waals surface area contributed by atoms with Crippen LogP contribution in [0.15, 0.2) is 41.3 Å². The van der Waals surface area contributed by atoms with Crippen molar-refractivity contribution in [3.63, 3.8) is 0 Å². The average Bonchev–Trinajstić information content (AvgIpc) is 2.57. The fourth-order valence-electron chi connectivity index (χ4n) is 2.09. The maximum atomic E-state index is 13.0. The summed E-state index contributed by atoms with van der Waals surface area (Å²) in [6.45, 7) is 1.18. The van der Waals surface area contributed by atoms with Crippen molar-refractivity contribution in [2.24, 2.45) is 0 Å². The molecule has 0 atom stereocenters. The standard InChI is InChI=1S/C16H14Cl3FN2O3S/c1-2-22(26(24,25)11-5-3-10(20)4-6-11)9-16(23)21-15-8-13(18)12(17)7-14(15)19/h3-8H,2,9H2,1H3,(H,21,23). The minimum atomic E-state index is -3.95. The van der Waals surface area contributed by atoms with E-state index in [1.165, 1.54) is 12.1 Å². The first-order chi connectivity index (χ1) is 12.1. The monoisotopic (exact) mass is 438 g/mol. The van der Waals surface area contributed by atoms with Crippen LogP contribution in [0.4, 0.5) is 10.1 Å². The predicted molar refractivity (Wildman–Crippen MR) is 101 cm³/mol. The quantitative estimate of drug-likeness (QED) is 0.677. The number of nitrogens with zero attached hydrogens (tertiary/aromatic N) is 1. The summed E-state index contributed by atoms with van der Waals surface area (Å²) in [4.78, 5) is 12.1. The van der Waals surface area contributed by atoms with Crippen molar-refractivity contribution < 1.29 is 17.6 Å². The maximum Gasteiger partial charge on any atom is 0.243 e. The number of halogens is 4. The summed E-state index contributed by atoms with van der Waals surface area (Å²) in [6.07, 6.45) is 0. The Kier molecular flexibility index (Phi) is 6.87. The lowest BCUT2D eigenvalue weighted by molar-refractivity contribution is -0.116. The predicted octanol–water partition coefficient (Wildman–Crippen LogP) is 4.44. The van der Waals surface area contributed by atoms with E-state index >= 15 is 0 Å². The molecular formula is C16H14Cl3FN2O3S. The molecule has 0 heterocycles.